The minimum atomic E-state index is -0.126. The van der Waals surface area contributed by atoms with E-state index in [0.29, 0.717) is 47.3 Å². The summed E-state index contributed by atoms with van der Waals surface area (Å²) in [4.78, 5) is 22.9. The van der Waals surface area contributed by atoms with E-state index in [2.05, 4.69) is 15.3 Å². The molecule has 0 aliphatic rings. The third-order valence-corrected chi connectivity index (χ3v) is 4.76. The molecule has 0 radical (unpaired) electrons. The van der Waals surface area contributed by atoms with Crippen LogP contribution >= 0.6 is 0 Å². The Morgan fingerprint density at radius 3 is 2.55 bits per heavy atom. The number of rotatable bonds is 9. The van der Waals surface area contributed by atoms with Crippen molar-refractivity contribution >= 4 is 34.7 Å². The largest absolute Gasteiger partial charge is 0.493 e. The lowest BCUT2D eigenvalue weighted by atomic mass is 10.2. The Morgan fingerprint density at radius 1 is 1.13 bits per heavy atom. The van der Waals surface area contributed by atoms with Crippen molar-refractivity contribution < 1.29 is 14.3 Å². The Balaban J connectivity index is 1.57. The second kappa shape index (κ2) is 10.3. The van der Waals surface area contributed by atoms with Gasteiger partial charge in [0.05, 0.1) is 19.7 Å². The smallest absolute Gasteiger partial charge is 0.244 e. The van der Waals surface area contributed by atoms with Crippen LogP contribution in [0.15, 0.2) is 48.5 Å². The van der Waals surface area contributed by atoms with Crippen LogP contribution < -0.4 is 25.4 Å². The van der Waals surface area contributed by atoms with Gasteiger partial charge in [0.25, 0.3) is 0 Å². The van der Waals surface area contributed by atoms with E-state index in [-0.39, 0.29) is 5.91 Å². The number of nitrogens with one attached hydrogen (secondary N) is 1. The zero-order chi connectivity index (χ0) is 22.2. The molecular formula is C23H27N5O3. The number of nitrogen functional groups attached to an aromatic ring is 1. The molecule has 8 heteroatoms. The van der Waals surface area contributed by atoms with E-state index >= 15 is 0 Å². The van der Waals surface area contributed by atoms with Crippen molar-refractivity contribution in [3.8, 4) is 11.5 Å². The molecule has 31 heavy (non-hydrogen) atoms. The van der Waals surface area contributed by atoms with E-state index in [1.165, 1.54) is 6.08 Å². The van der Waals surface area contributed by atoms with Crippen molar-refractivity contribution in [2.24, 2.45) is 0 Å². The van der Waals surface area contributed by atoms with Gasteiger partial charge in [-0.05, 0) is 24.1 Å². The Kier molecular flexibility index (Phi) is 7.26. The summed E-state index contributed by atoms with van der Waals surface area (Å²) in [7, 11) is 5.03. The van der Waals surface area contributed by atoms with Crippen molar-refractivity contribution in [1.29, 1.82) is 0 Å². The van der Waals surface area contributed by atoms with Gasteiger partial charge in [-0.15, -0.1) is 0 Å². The Morgan fingerprint density at radius 2 is 1.84 bits per heavy atom. The summed E-state index contributed by atoms with van der Waals surface area (Å²) in [5.41, 5.74) is 7.80. The number of methoxy groups -OCH3 is 2. The van der Waals surface area contributed by atoms with E-state index in [1.807, 2.05) is 42.3 Å². The lowest BCUT2D eigenvalue weighted by Crippen LogP contribution is -2.27. The maximum Gasteiger partial charge on any atom is 0.244 e. The van der Waals surface area contributed by atoms with E-state index in [0.717, 1.165) is 12.0 Å². The first-order valence-corrected chi connectivity index (χ1v) is 9.93. The summed E-state index contributed by atoms with van der Waals surface area (Å²) >= 11 is 0. The number of ether oxygens (including phenoxy) is 2. The molecule has 0 saturated heterocycles. The number of nitrogens with two attached hydrogens (primary N) is 1. The SMILES string of the molecule is COc1cc2nc(N(C)CCCNC(=O)/C=C/c3ccccc3)nc(N)c2cc1OC. The predicted molar refractivity (Wildman–Crippen MR) is 123 cm³/mol. The molecule has 162 valence electrons. The van der Waals surface area contributed by atoms with Crippen LogP contribution in [0.1, 0.15) is 12.0 Å². The van der Waals surface area contributed by atoms with Crippen LogP contribution in [0.3, 0.4) is 0 Å². The summed E-state index contributed by atoms with van der Waals surface area (Å²) in [6.45, 7) is 1.19. The Bertz CT molecular complexity index is 1070. The second-order valence-corrected chi connectivity index (χ2v) is 6.94. The Labute approximate surface area is 181 Å². The molecule has 0 unspecified atom stereocenters. The van der Waals surface area contributed by atoms with Gasteiger partial charge in [-0.25, -0.2) is 4.98 Å². The van der Waals surface area contributed by atoms with Gasteiger partial charge in [-0.2, -0.15) is 4.98 Å². The summed E-state index contributed by atoms with van der Waals surface area (Å²) in [6.07, 6.45) is 4.05. The normalized spacial score (nSPS) is 10.9. The molecule has 0 saturated carbocycles. The molecule has 1 aromatic heterocycles. The van der Waals surface area contributed by atoms with Crippen molar-refractivity contribution in [3.05, 3.63) is 54.1 Å². The number of fused-ring (bicyclic) bond motifs is 1. The molecule has 0 atom stereocenters. The molecule has 8 nitrogen and oxygen atoms in total. The topological polar surface area (TPSA) is 103 Å². The standard InChI is InChI=1S/C23H27N5O3/c1-28(13-7-12-25-21(29)11-10-16-8-5-4-6-9-16)23-26-18-15-20(31-3)19(30-2)14-17(18)22(24)27-23/h4-6,8-11,14-15H,7,12-13H2,1-3H3,(H,25,29)(H2,24,26,27)/b11-10+. The molecule has 0 spiro atoms. The van der Waals surface area contributed by atoms with Crippen LogP contribution in [0.4, 0.5) is 11.8 Å². The van der Waals surface area contributed by atoms with Crippen LogP contribution in [0.2, 0.25) is 0 Å². The molecule has 1 heterocycles. The fourth-order valence-electron chi connectivity index (χ4n) is 3.06. The predicted octanol–water partition coefficient (Wildman–Crippen LogP) is 2.89. The van der Waals surface area contributed by atoms with E-state index in [9.17, 15) is 4.79 Å². The van der Waals surface area contributed by atoms with E-state index in [1.54, 1.807) is 32.4 Å². The third kappa shape index (κ3) is 5.63. The third-order valence-electron chi connectivity index (χ3n) is 4.76. The summed E-state index contributed by atoms with van der Waals surface area (Å²) < 4.78 is 10.7. The number of carbonyl (C=O) groups excluding carboxylic acids is 1. The van der Waals surface area contributed by atoms with Gasteiger partial charge in [0, 0.05) is 37.7 Å². The summed E-state index contributed by atoms with van der Waals surface area (Å²) in [6, 6.07) is 13.2. The highest BCUT2D eigenvalue weighted by Gasteiger charge is 2.13. The molecular weight excluding hydrogens is 394 g/mol. The van der Waals surface area contributed by atoms with Crippen LogP contribution in [0, 0.1) is 0 Å². The van der Waals surface area contributed by atoms with Crippen LogP contribution in [-0.4, -0.2) is 50.2 Å². The zero-order valence-electron chi connectivity index (χ0n) is 18.0. The van der Waals surface area contributed by atoms with E-state index in [4.69, 9.17) is 15.2 Å². The average molecular weight is 422 g/mol. The molecule has 0 bridgehead atoms. The molecule has 0 fully saturated rings. The number of carbonyl (C=O) groups is 1. The average Bonchev–Trinajstić information content (AvgIpc) is 2.80. The van der Waals surface area contributed by atoms with Gasteiger partial charge in [0.1, 0.15) is 5.82 Å². The minimum Gasteiger partial charge on any atom is -0.493 e. The second-order valence-electron chi connectivity index (χ2n) is 6.94. The molecule has 0 aliphatic heterocycles. The Hall–Kier alpha value is -3.81. The number of nitrogens with zero attached hydrogens (tertiary/aromatic N) is 3. The van der Waals surface area contributed by atoms with Gasteiger partial charge in [0.2, 0.25) is 11.9 Å². The first-order chi connectivity index (χ1) is 15.0. The van der Waals surface area contributed by atoms with Crippen molar-refractivity contribution in [1.82, 2.24) is 15.3 Å². The monoisotopic (exact) mass is 421 g/mol. The van der Waals surface area contributed by atoms with Crippen LogP contribution in [0.5, 0.6) is 11.5 Å². The van der Waals surface area contributed by atoms with Gasteiger partial charge in [0.15, 0.2) is 11.5 Å². The number of hydrogen-bond acceptors (Lipinski definition) is 7. The summed E-state index contributed by atoms with van der Waals surface area (Å²) in [5.74, 6) is 1.90. The van der Waals surface area contributed by atoms with Gasteiger partial charge in [-0.1, -0.05) is 30.3 Å². The van der Waals surface area contributed by atoms with Crippen molar-refractivity contribution in [2.75, 3.05) is 45.0 Å². The first-order valence-electron chi connectivity index (χ1n) is 9.93. The highest BCUT2D eigenvalue weighted by molar-refractivity contribution is 5.92. The maximum atomic E-state index is 12.0. The van der Waals surface area contributed by atoms with Crippen molar-refractivity contribution in [2.45, 2.75) is 6.42 Å². The molecule has 3 rings (SSSR count). The highest BCUT2D eigenvalue weighted by atomic mass is 16.5. The fourth-order valence-corrected chi connectivity index (χ4v) is 3.06. The van der Waals surface area contributed by atoms with Gasteiger partial charge < -0.3 is 25.4 Å². The minimum absolute atomic E-state index is 0.126. The number of amides is 1. The van der Waals surface area contributed by atoms with E-state index < -0.39 is 0 Å². The fraction of sp³-hybridized carbons (Fsp3) is 0.261. The lowest BCUT2D eigenvalue weighted by molar-refractivity contribution is -0.116. The molecule has 0 aliphatic carbocycles. The zero-order valence-corrected chi connectivity index (χ0v) is 18.0. The molecule has 3 N–H and O–H groups in total. The number of benzene rings is 2. The molecule has 2 aromatic carbocycles. The maximum absolute atomic E-state index is 12.0. The quantitative estimate of drug-likeness (QED) is 0.404. The van der Waals surface area contributed by atoms with Crippen LogP contribution in [-0.2, 0) is 4.79 Å². The first kappa shape index (κ1) is 21.9. The molecule has 1 amide bonds. The van der Waals surface area contributed by atoms with Gasteiger partial charge in [-0.3, -0.25) is 4.79 Å². The number of anilines is 2. The van der Waals surface area contributed by atoms with Gasteiger partial charge >= 0.3 is 0 Å². The van der Waals surface area contributed by atoms with Crippen molar-refractivity contribution in [3.63, 3.8) is 0 Å². The highest BCUT2D eigenvalue weighted by Crippen LogP contribution is 2.33. The molecule has 3 aromatic rings. The summed E-state index contributed by atoms with van der Waals surface area (Å²) in [5, 5.41) is 3.58. The number of aromatic nitrogens is 2. The lowest BCUT2D eigenvalue weighted by Gasteiger charge is -2.18. The number of hydrogen-bond donors (Lipinski definition) is 2. The van der Waals surface area contributed by atoms with Crippen LogP contribution in [0.25, 0.3) is 17.0 Å².